The molecule has 0 bridgehead atoms. The Kier molecular flexibility index (Phi) is 73.0. The van der Waals surface area contributed by atoms with Crippen molar-refractivity contribution in [2.24, 2.45) is 0 Å². The van der Waals surface area contributed by atoms with Gasteiger partial charge in [-0.05, 0) is 0 Å². The maximum absolute atomic E-state index is 9.01. The second kappa shape index (κ2) is 37.4. The molecule has 0 unspecified atom stereocenters. The SMILES string of the molecule is C=C.C=C.O=C([O-])CO.O=C([O-])CO.[Ca+2]. The second-order valence-electron chi connectivity index (χ2n) is 1.06. The summed E-state index contributed by atoms with van der Waals surface area (Å²) < 4.78 is 0. The van der Waals surface area contributed by atoms with Crippen molar-refractivity contribution in [2.75, 3.05) is 13.2 Å². The van der Waals surface area contributed by atoms with Gasteiger partial charge in [0, 0.05) is 0 Å². The van der Waals surface area contributed by atoms with Crippen LogP contribution in [0.15, 0.2) is 26.3 Å². The number of aliphatic carboxylic acids is 2. The zero-order chi connectivity index (χ0) is 12.6. The largest absolute Gasteiger partial charge is 2.00 e. The van der Waals surface area contributed by atoms with Gasteiger partial charge in [0.1, 0.15) is 0 Å². The summed E-state index contributed by atoms with van der Waals surface area (Å²) >= 11 is 0. The van der Waals surface area contributed by atoms with Gasteiger partial charge in [-0.2, -0.15) is 0 Å². The smallest absolute Gasteiger partial charge is 0.548 e. The van der Waals surface area contributed by atoms with Crippen molar-refractivity contribution < 1.29 is 30.0 Å². The molecule has 0 atom stereocenters. The molecule has 0 saturated heterocycles. The topological polar surface area (TPSA) is 121 Å². The minimum absolute atomic E-state index is 0. The first kappa shape index (κ1) is 29.3. The molecule has 15 heavy (non-hydrogen) atoms. The molecule has 0 heterocycles. The molecule has 0 aromatic carbocycles. The van der Waals surface area contributed by atoms with Gasteiger partial charge in [-0.15, -0.1) is 26.3 Å². The summed E-state index contributed by atoms with van der Waals surface area (Å²) in [5.74, 6) is -2.88. The molecule has 0 fully saturated rings. The van der Waals surface area contributed by atoms with Gasteiger partial charge >= 0.3 is 37.7 Å². The van der Waals surface area contributed by atoms with E-state index in [0.717, 1.165) is 0 Å². The summed E-state index contributed by atoms with van der Waals surface area (Å²) in [6, 6.07) is 0. The first-order chi connectivity index (χ1) is 6.54. The first-order valence-corrected chi connectivity index (χ1v) is 3.16. The minimum Gasteiger partial charge on any atom is -0.548 e. The van der Waals surface area contributed by atoms with Crippen LogP contribution in [0.2, 0.25) is 0 Å². The normalized spacial score (nSPS) is 5.47. The van der Waals surface area contributed by atoms with Crippen LogP contribution >= 0.6 is 0 Å². The molecule has 0 aromatic rings. The molecular formula is C8H14CaO6. The Bertz CT molecular complexity index is 123. The number of rotatable bonds is 2. The Hall–Kier alpha value is -0.400. The van der Waals surface area contributed by atoms with E-state index in [0.29, 0.717) is 0 Å². The van der Waals surface area contributed by atoms with Crippen molar-refractivity contribution >= 4 is 49.7 Å². The number of hydrogen-bond donors (Lipinski definition) is 2. The fourth-order valence-electron chi connectivity index (χ4n) is 0. The first-order valence-electron chi connectivity index (χ1n) is 3.16. The maximum Gasteiger partial charge on any atom is 2.00 e. The van der Waals surface area contributed by atoms with E-state index in [1.54, 1.807) is 0 Å². The van der Waals surface area contributed by atoms with Gasteiger partial charge in [0.05, 0.1) is 25.2 Å². The van der Waals surface area contributed by atoms with Crippen LogP contribution in [0.4, 0.5) is 0 Å². The van der Waals surface area contributed by atoms with Crippen LogP contribution < -0.4 is 10.2 Å². The summed E-state index contributed by atoms with van der Waals surface area (Å²) in [6.07, 6.45) is 0. The number of carboxylic acid groups (broad SMARTS) is 2. The third-order valence-electron chi connectivity index (χ3n) is 0.258. The van der Waals surface area contributed by atoms with E-state index in [-0.39, 0.29) is 37.7 Å². The van der Waals surface area contributed by atoms with Gasteiger partial charge in [0.2, 0.25) is 0 Å². The van der Waals surface area contributed by atoms with Gasteiger partial charge in [-0.25, -0.2) is 0 Å². The van der Waals surface area contributed by atoms with E-state index in [9.17, 15) is 0 Å². The molecule has 0 spiro atoms. The Morgan fingerprint density at radius 3 is 0.933 bits per heavy atom. The zero-order valence-corrected chi connectivity index (χ0v) is 10.7. The van der Waals surface area contributed by atoms with Crippen molar-refractivity contribution in [3.8, 4) is 0 Å². The molecule has 0 amide bonds. The molecule has 0 aliphatic rings. The van der Waals surface area contributed by atoms with Crippen LogP contribution in [0.5, 0.6) is 0 Å². The second-order valence-corrected chi connectivity index (χ2v) is 1.06. The van der Waals surface area contributed by atoms with Crippen molar-refractivity contribution in [1.29, 1.82) is 0 Å². The van der Waals surface area contributed by atoms with Crippen LogP contribution in [-0.4, -0.2) is 73.1 Å². The number of hydrogen-bond acceptors (Lipinski definition) is 6. The molecular weight excluding hydrogens is 232 g/mol. The summed E-state index contributed by atoms with van der Waals surface area (Å²) in [4.78, 5) is 18.0. The molecule has 0 aliphatic heterocycles. The maximum atomic E-state index is 9.01. The Morgan fingerprint density at radius 2 is 0.933 bits per heavy atom. The average molecular weight is 246 g/mol. The molecule has 0 aromatic heterocycles. The predicted molar refractivity (Wildman–Crippen MR) is 52.4 cm³/mol. The zero-order valence-electron chi connectivity index (χ0n) is 8.48. The van der Waals surface area contributed by atoms with Crippen LogP contribution in [0.3, 0.4) is 0 Å². The molecule has 2 N–H and O–H groups in total. The summed E-state index contributed by atoms with van der Waals surface area (Å²) in [6.45, 7) is 10.2. The number of carboxylic acids is 2. The molecule has 7 heteroatoms. The van der Waals surface area contributed by atoms with E-state index in [2.05, 4.69) is 26.3 Å². The predicted octanol–water partition coefficient (Wildman–Crippen LogP) is -3.32. The quantitative estimate of drug-likeness (QED) is 0.388. The third-order valence-corrected chi connectivity index (χ3v) is 0.258. The van der Waals surface area contributed by atoms with E-state index in [4.69, 9.17) is 30.0 Å². The van der Waals surface area contributed by atoms with Crippen LogP contribution in [0.25, 0.3) is 0 Å². The molecule has 0 radical (unpaired) electrons. The molecule has 6 nitrogen and oxygen atoms in total. The molecule has 0 aliphatic carbocycles. The van der Waals surface area contributed by atoms with Crippen LogP contribution in [-0.2, 0) is 9.59 Å². The van der Waals surface area contributed by atoms with Crippen molar-refractivity contribution in [3.63, 3.8) is 0 Å². The van der Waals surface area contributed by atoms with Crippen LogP contribution in [0.1, 0.15) is 0 Å². The molecule has 84 valence electrons. The Labute approximate surface area is 119 Å². The average Bonchev–Trinajstić information content (AvgIpc) is 2.24. The fourth-order valence-corrected chi connectivity index (χ4v) is 0. The van der Waals surface area contributed by atoms with E-state index < -0.39 is 25.2 Å². The summed E-state index contributed by atoms with van der Waals surface area (Å²) in [7, 11) is 0. The molecule has 0 saturated carbocycles. The molecule has 0 rings (SSSR count). The number of aliphatic hydroxyl groups excluding tert-OH is 2. The van der Waals surface area contributed by atoms with E-state index in [1.165, 1.54) is 0 Å². The van der Waals surface area contributed by atoms with Gasteiger partial charge in [0.25, 0.3) is 0 Å². The van der Waals surface area contributed by atoms with Crippen molar-refractivity contribution in [1.82, 2.24) is 0 Å². The number of carbonyl (C=O) groups is 2. The Morgan fingerprint density at radius 1 is 0.867 bits per heavy atom. The Balaban J connectivity index is -0.0000000318. The summed E-state index contributed by atoms with van der Waals surface area (Å²) in [5, 5.41) is 33.0. The van der Waals surface area contributed by atoms with Gasteiger partial charge in [-0.3, -0.25) is 0 Å². The standard InChI is InChI=1S/2C2H4O3.2C2H4.Ca/c2*3-1-2(4)5;2*1-2;/h2*3H,1H2,(H,4,5);2*1-2H2;/q;;;;+2/p-2. The number of carbonyl (C=O) groups excluding carboxylic acids is 2. The van der Waals surface area contributed by atoms with Gasteiger partial charge < -0.3 is 30.0 Å². The third kappa shape index (κ3) is 141. The number of aliphatic hydroxyl groups is 2. The van der Waals surface area contributed by atoms with Crippen LogP contribution in [0, 0.1) is 0 Å². The van der Waals surface area contributed by atoms with Gasteiger partial charge in [-0.1, -0.05) is 0 Å². The van der Waals surface area contributed by atoms with Crippen molar-refractivity contribution in [2.45, 2.75) is 0 Å². The van der Waals surface area contributed by atoms with E-state index in [1.807, 2.05) is 0 Å². The van der Waals surface area contributed by atoms with Crippen molar-refractivity contribution in [3.05, 3.63) is 26.3 Å². The summed E-state index contributed by atoms with van der Waals surface area (Å²) in [5.41, 5.74) is 0. The van der Waals surface area contributed by atoms with Gasteiger partial charge in [0.15, 0.2) is 0 Å². The van der Waals surface area contributed by atoms with E-state index >= 15 is 0 Å². The monoisotopic (exact) mass is 246 g/mol. The minimum atomic E-state index is -1.44. The fraction of sp³-hybridized carbons (Fsp3) is 0.250.